The first kappa shape index (κ1) is 25.4. The number of nitriles is 1. The van der Waals surface area contributed by atoms with Gasteiger partial charge in [-0.15, -0.1) is 0 Å². The number of hydrogen-bond acceptors (Lipinski definition) is 3. The fraction of sp³-hybridized carbons (Fsp3) is 0.704. The van der Waals surface area contributed by atoms with Crippen LogP contribution in [0.3, 0.4) is 0 Å². The van der Waals surface area contributed by atoms with Crippen molar-refractivity contribution in [3.05, 3.63) is 35.4 Å². The van der Waals surface area contributed by atoms with E-state index in [0.717, 1.165) is 64.2 Å². The highest BCUT2D eigenvalue weighted by Gasteiger charge is 2.37. The van der Waals surface area contributed by atoms with Crippen molar-refractivity contribution in [1.82, 2.24) is 0 Å². The molecule has 172 valence electrons. The van der Waals surface area contributed by atoms with E-state index >= 15 is 0 Å². The lowest BCUT2D eigenvalue weighted by molar-refractivity contribution is -0.137. The third-order valence-electron chi connectivity index (χ3n) is 7.41. The molecule has 1 fully saturated rings. The van der Waals surface area contributed by atoms with Crippen LogP contribution < -0.4 is 0 Å². The van der Waals surface area contributed by atoms with E-state index in [1.54, 1.807) is 0 Å². The number of aliphatic hydroxyl groups excluding tert-OH is 1. The van der Waals surface area contributed by atoms with E-state index in [-0.39, 0.29) is 23.9 Å². The minimum absolute atomic E-state index is 0.121. The predicted octanol–water partition coefficient (Wildman–Crippen LogP) is 6.57. The Kier molecular flexibility index (Phi) is 10.0. The lowest BCUT2D eigenvalue weighted by atomic mass is 9.76. The Hall–Kier alpha value is -1.86. The molecule has 1 aliphatic carbocycles. The van der Waals surface area contributed by atoms with Gasteiger partial charge < -0.3 is 10.2 Å². The number of carbonyl (C=O) groups is 1. The minimum Gasteiger partial charge on any atom is -0.481 e. The highest BCUT2D eigenvalue weighted by Crippen LogP contribution is 2.46. The first-order valence-corrected chi connectivity index (χ1v) is 12.2. The summed E-state index contributed by atoms with van der Waals surface area (Å²) in [6.07, 6.45) is 9.72. The number of carboxylic acid groups (broad SMARTS) is 1. The predicted molar refractivity (Wildman–Crippen MR) is 125 cm³/mol. The molecule has 0 bridgehead atoms. The van der Waals surface area contributed by atoms with Crippen molar-refractivity contribution in [2.45, 2.75) is 109 Å². The summed E-state index contributed by atoms with van der Waals surface area (Å²) in [6.45, 7) is 6.39. The van der Waals surface area contributed by atoms with Gasteiger partial charge in [-0.1, -0.05) is 77.1 Å². The molecule has 1 saturated carbocycles. The van der Waals surface area contributed by atoms with Gasteiger partial charge >= 0.3 is 5.97 Å². The van der Waals surface area contributed by atoms with Crippen molar-refractivity contribution < 1.29 is 15.0 Å². The Morgan fingerprint density at radius 3 is 2.42 bits per heavy atom. The van der Waals surface area contributed by atoms with Crippen LogP contribution in [-0.4, -0.2) is 22.3 Å². The molecule has 4 atom stereocenters. The topological polar surface area (TPSA) is 81.3 Å². The first-order chi connectivity index (χ1) is 14.8. The normalized spacial score (nSPS) is 22.2. The maximum Gasteiger partial charge on any atom is 0.303 e. The average Bonchev–Trinajstić information content (AvgIpc) is 3.17. The van der Waals surface area contributed by atoms with Gasteiger partial charge in [0, 0.05) is 17.8 Å². The summed E-state index contributed by atoms with van der Waals surface area (Å²) in [4.78, 5) is 10.6. The fourth-order valence-corrected chi connectivity index (χ4v) is 5.16. The van der Waals surface area contributed by atoms with E-state index in [4.69, 9.17) is 5.11 Å². The highest BCUT2D eigenvalue weighted by molar-refractivity contribution is 5.66. The quantitative estimate of drug-likeness (QED) is 0.349. The molecule has 1 aromatic rings. The molecule has 0 radical (unpaired) electrons. The van der Waals surface area contributed by atoms with Crippen molar-refractivity contribution in [1.29, 1.82) is 5.26 Å². The van der Waals surface area contributed by atoms with E-state index in [1.807, 2.05) is 0 Å². The Morgan fingerprint density at radius 1 is 1.13 bits per heavy atom. The SMILES string of the molecule is CCCCC(O)C(C)(C)c1ccc(C2CCC(C#N)C2CCCCCCC(=O)O)cc1. The molecule has 1 aromatic carbocycles. The standard InChI is InChI=1S/C27H41NO3/c1-4-5-11-25(29)27(2,3)22-16-13-20(14-17-22)24-18-15-21(19-28)23(24)10-8-6-7-9-12-26(30)31/h13-14,16-17,21,23-25,29H,4-12,15,18H2,1-3H3,(H,30,31). The second kappa shape index (κ2) is 12.2. The number of rotatable bonds is 13. The van der Waals surface area contributed by atoms with Crippen molar-refractivity contribution in [2.75, 3.05) is 0 Å². The van der Waals surface area contributed by atoms with E-state index < -0.39 is 5.97 Å². The Morgan fingerprint density at radius 2 is 1.81 bits per heavy atom. The number of nitrogens with zero attached hydrogens (tertiary/aromatic N) is 1. The number of aliphatic carboxylic acids is 1. The molecule has 0 saturated heterocycles. The molecule has 0 amide bonds. The zero-order valence-electron chi connectivity index (χ0n) is 19.6. The second-order valence-corrected chi connectivity index (χ2v) is 9.93. The molecule has 0 aromatic heterocycles. The molecule has 4 nitrogen and oxygen atoms in total. The van der Waals surface area contributed by atoms with Crippen molar-refractivity contribution in [2.24, 2.45) is 11.8 Å². The zero-order valence-corrected chi connectivity index (χ0v) is 19.6. The summed E-state index contributed by atoms with van der Waals surface area (Å²) < 4.78 is 0. The third kappa shape index (κ3) is 7.07. The van der Waals surface area contributed by atoms with Crippen molar-refractivity contribution in [3.63, 3.8) is 0 Å². The Balaban J connectivity index is 1.99. The monoisotopic (exact) mass is 427 g/mol. The largest absolute Gasteiger partial charge is 0.481 e. The van der Waals surface area contributed by atoms with Crippen molar-refractivity contribution >= 4 is 5.97 Å². The Labute approximate surface area is 188 Å². The van der Waals surface area contributed by atoms with E-state index in [9.17, 15) is 15.2 Å². The minimum atomic E-state index is -0.718. The average molecular weight is 428 g/mol. The number of aliphatic hydroxyl groups is 1. The second-order valence-electron chi connectivity index (χ2n) is 9.93. The summed E-state index contributed by atoms with van der Waals surface area (Å²) in [7, 11) is 0. The van der Waals surface area contributed by atoms with Crippen LogP contribution in [0.1, 0.15) is 108 Å². The molecule has 0 heterocycles. The van der Waals surface area contributed by atoms with Crippen LogP contribution in [0, 0.1) is 23.2 Å². The molecule has 4 heteroatoms. The lowest BCUT2D eigenvalue weighted by Gasteiger charge is -2.32. The smallest absolute Gasteiger partial charge is 0.303 e. The molecular formula is C27H41NO3. The van der Waals surface area contributed by atoms with Gasteiger partial charge in [0.1, 0.15) is 0 Å². The van der Waals surface area contributed by atoms with E-state index in [0.29, 0.717) is 11.8 Å². The highest BCUT2D eigenvalue weighted by atomic mass is 16.4. The molecule has 4 unspecified atom stereocenters. The summed E-state index contributed by atoms with van der Waals surface area (Å²) in [5, 5.41) is 29.1. The van der Waals surface area contributed by atoms with Crippen molar-refractivity contribution in [3.8, 4) is 6.07 Å². The van der Waals surface area contributed by atoms with Crippen LogP contribution in [0.25, 0.3) is 0 Å². The van der Waals surface area contributed by atoms with Gasteiger partial charge in [-0.25, -0.2) is 0 Å². The van der Waals surface area contributed by atoms with Crippen LogP contribution >= 0.6 is 0 Å². The zero-order chi connectivity index (χ0) is 22.9. The molecule has 2 N–H and O–H groups in total. The lowest BCUT2D eigenvalue weighted by Crippen LogP contribution is -2.33. The van der Waals surface area contributed by atoms with Crippen LogP contribution in [0.5, 0.6) is 0 Å². The third-order valence-corrected chi connectivity index (χ3v) is 7.41. The van der Waals surface area contributed by atoms with Gasteiger partial charge in [-0.2, -0.15) is 5.26 Å². The molecular weight excluding hydrogens is 386 g/mol. The summed E-state index contributed by atoms with van der Waals surface area (Å²) in [5.41, 5.74) is 2.22. The van der Waals surface area contributed by atoms with Gasteiger partial charge in [-0.05, 0) is 55.1 Å². The summed E-state index contributed by atoms with van der Waals surface area (Å²) >= 11 is 0. The number of unbranched alkanes of at least 4 members (excludes halogenated alkanes) is 4. The Bertz CT molecular complexity index is 719. The van der Waals surface area contributed by atoms with Crippen LogP contribution in [0.15, 0.2) is 24.3 Å². The maximum atomic E-state index is 10.7. The van der Waals surface area contributed by atoms with Gasteiger partial charge in [0.2, 0.25) is 0 Å². The van der Waals surface area contributed by atoms with Crippen LogP contribution in [-0.2, 0) is 10.2 Å². The number of benzene rings is 1. The maximum absolute atomic E-state index is 10.7. The van der Waals surface area contributed by atoms with Gasteiger partial charge in [0.15, 0.2) is 0 Å². The van der Waals surface area contributed by atoms with Crippen LogP contribution in [0.2, 0.25) is 0 Å². The number of hydrogen-bond donors (Lipinski definition) is 2. The molecule has 0 aliphatic heterocycles. The molecule has 2 rings (SSSR count). The van der Waals surface area contributed by atoms with Gasteiger partial charge in [-0.3, -0.25) is 4.79 Å². The molecule has 31 heavy (non-hydrogen) atoms. The van der Waals surface area contributed by atoms with Gasteiger partial charge in [0.25, 0.3) is 0 Å². The fourth-order valence-electron chi connectivity index (χ4n) is 5.16. The van der Waals surface area contributed by atoms with Crippen LogP contribution in [0.4, 0.5) is 0 Å². The van der Waals surface area contributed by atoms with E-state index in [1.165, 1.54) is 11.1 Å². The van der Waals surface area contributed by atoms with Gasteiger partial charge in [0.05, 0.1) is 12.2 Å². The summed E-state index contributed by atoms with van der Waals surface area (Å²) in [6, 6.07) is 11.3. The molecule has 0 spiro atoms. The summed E-state index contributed by atoms with van der Waals surface area (Å²) in [5.74, 6) is 0.213. The molecule has 1 aliphatic rings. The number of carboxylic acids is 1. The van der Waals surface area contributed by atoms with E-state index in [2.05, 4.69) is 51.1 Å². The first-order valence-electron chi connectivity index (χ1n) is 12.2.